The first-order valence-electron chi connectivity index (χ1n) is 15.7. The molecular weight excluding hydrogens is 566 g/mol. The molecule has 0 amide bonds. The second kappa shape index (κ2) is 14.9. The van der Waals surface area contributed by atoms with Crippen LogP contribution in [0.1, 0.15) is 81.1 Å². The molecule has 246 valence electrons. The third-order valence-corrected chi connectivity index (χ3v) is 9.13. The minimum atomic E-state index is -1.50. The molecular formula is C33H51N3O8. The smallest absolute Gasteiger partial charge is 0.420 e. The maximum absolute atomic E-state index is 13.8. The topological polar surface area (TPSA) is 126 Å². The number of hydrogen-bond acceptors (Lipinski definition) is 10. The van der Waals surface area contributed by atoms with E-state index in [4.69, 9.17) is 18.9 Å². The number of carbonyl (C=O) groups excluding carboxylic acids is 4. The number of rotatable bonds is 5. The van der Waals surface area contributed by atoms with E-state index in [1.54, 1.807) is 33.8 Å². The first kappa shape index (κ1) is 35.6. The van der Waals surface area contributed by atoms with Gasteiger partial charge in [-0.1, -0.05) is 27.7 Å². The van der Waals surface area contributed by atoms with Gasteiger partial charge in [0.15, 0.2) is 23.5 Å². The van der Waals surface area contributed by atoms with Crippen LogP contribution in [0.3, 0.4) is 0 Å². The molecule has 3 rings (SSSR count). The lowest BCUT2D eigenvalue weighted by molar-refractivity contribution is -0.236. The van der Waals surface area contributed by atoms with Gasteiger partial charge in [-0.25, -0.2) is 14.3 Å². The van der Waals surface area contributed by atoms with Gasteiger partial charge in [-0.3, -0.25) is 14.4 Å². The number of imidazole rings is 1. The van der Waals surface area contributed by atoms with Gasteiger partial charge in [0.25, 0.3) is 0 Å². The van der Waals surface area contributed by atoms with Crippen molar-refractivity contribution in [2.75, 3.05) is 14.1 Å². The third-order valence-electron chi connectivity index (χ3n) is 9.13. The average Bonchev–Trinajstić information content (AvgIpc) is 3.51. The Morgan fingerprint density at radius 2 is 1.80 bits per heavy atom. The van der Waals surface area contributed by atoms with Crippen LogP contribution in [0.2, 0.25) is 0 Å². The molecule has 0 saturated carbocycles. The molecule has 11 heteroatoms. The number of ketones is 2. The Labute approximate surface area is 261 Å². The van der Waals surface area contributed by atoms with Gasteiger partial charge in [0, 0.05) is 36.7 Å². The lowest BCUT2D eigenvalue weighted by Gasteiger charge is -2.41. The van der Waals surface area contributed by atoms with E-state index in [1.807, 2.05) is 34.9 Å². The van der Waals surface area contributed by atoms with Crippen molar-refractivity contribution in [2.45, 2.75) is 117 Å². The SMILES string of the molecule is CC[C@H]1OC(=O)[C@H](C)C(=O)[C@H](C)[C@@H](O[C@H]2C[C@@H](N(C)C)C[C@@H](C)O2)[C@@H](C)C[C@@H](C)C(=O)/C(C)=C/[C@]1(C)OC(=O)n1ccnc1. The largest absolute Gasteiger partial charge is 0.457 e. The molecule has 2 aliphatic rings. The van der Waals surface area contributed by atoms with E-state index in [1.165, 1.54) is 25.6 Å². The Hall–Kier alpha value is -2.89. The van der Waals surface area contributed by atoms with Crippen LogP contribution in [-0.2, 0) is 33.3 Å². The standard InChI is InChI=1S/C33H51N3O8/c1-11-26-33(8,44-32(40)36-13-12-34-18-36)17-21(4)28(37)19(2)14-20(3)30(23(6)29(38)24(7)31(39)42-26)43-27-16-25(35(9)10)15-22(5)41-27/h12-13,17-20,22-27,30H,11,14-16H2,1-10H3/b21-17+/t19-,20+,22-,23+,24-,25+,26-,27+,30+,33+/m1/s1. The third kappa shape index (κ3) is 8.43. The molecule has 1 aromatic heterocycles. The first-order valence-corrected chi connectivity index (χ1v) is 15.7. The van der Waals surface area contributed by atoms with Gasteiger partial charge >= 0.3 is 12.1 Å². The van der Waals surface area contributed by atoms with Crippen molar-refractivity contribution < 1.29 is 38.1 Å². The number of cyclic esters (lactones) is 1. The van der Waals surface area contributed by atoms with E-state index < -0.39 is 53.9 Å². The molecule has 44 heavy (non-hydrogen) atoms. The number of nitrogens with zero attached hydrogens (tertiary/aromatic N) is 3. The summed E-state index contributed by atoms with van der Waals surface area (Å²) >= 11 is 0. The summed E-state index contributed by atoms with van der Waals surface area (Å²) < 4.78 is 25.7. The lowest BCUT2D eigenvalue weighted by atomic mass is 9.80. The molecule has 0 aromatic carbocycles. The van der Waals surface area contributed by atoms with Crippen LogP contribution in [0.25, 0.3) is 0 Å². The zero-order chi connectivity index (χ0) is 32.9. The summed E-state index contributed by atoms with van der Waals surface area (Å²) in [7, 11) is 4.05. The predicted molar refractivity (Wildman–Crippen MR) is 164 cm³/mol. The summed E-state index contributed by atoms with van der Waals surface area (Å²) in [6.07, 6.45) is 5.08. The van der Waals surface area contributed by atoms with E-state index in [0.717, 1.165) is 11.0 Å². The first-order chi connectivity index (χ1) is 20.6. The fraction of sp³-hybridized carbons (Fsp3) is 0.727. The van der Waals surface area contributed by atoms with E-state index >= 15 is 0 Å². The number of hydrogen-bond donors (Lipinski definition) is 0. The molecule has 1 aromatic rings. The van der Waals surface area contributed by atoms with Crippen molar-refractivity contribution >= 4 is 23.6 Å². The van der Waals surface area contributed by atoms with Gasteiger partial charge in [0.2, 0.25) is 0 Å². The summed E-state index contributed by atoms with van der Waals surface area (Å²) in [6.45, 7) is 14.2. The summed E-state index contributed by atoms with van der Waals surface area (Å²) in [5.41, 5.74) is -1.12. The second-order valence-corrected chi connectivity index (χ2v) is 13.1. The zero-order valence-electron chi connectivity index (χ0n) is 27.9. The van der Waals surface area contributed by atoms with Crippen molar-refractivity contribution in [1.29, 1.82) is 0 Å². The van der Waals surface area contributed by atoms with Gasteiger partial charge in [-0.05, 0) is 78.6 Å². The van der Waals surface area contributed by atoms with Crippen LogP contribution in [0, 0.1) is 23.7 Å². The number of carbonyl (C=O) groups is 4. The van der Waals surface area contributed by atoms with Gasteiger partial charge in [-0.15, -0.1) is 0 Å². The maximum atomic E-state index is 13.8. The van der Waals surface area contributed by atoms with Crippen LogP contribution < -0.4 is 0 Å². The van der Waals surface area contributed by atoms with Gasteiger partial charge in [0.1, 0.15) is 18.3 Å². The summed E-state index contributed by atoms with van der Waals surface area (Å²) in [4.78, 5) is 60.1. The Morgan fingerprint density at radius 3 is 2.39 bits per heavy atom. The fourth-order valence-electron chi connectivity index (χ4n) is 6.51. The molecule has 0 unspecified atom stereocenters. The Bertz CT molecular complexity index is 1200. The van der Waals surface area contributed by atoms with Crippen LogP contribution in [0.4, 0.5) is 4.79 Å². The van der Waals surface area contributed by atoms with Gasteiger partial charge < -0.3 is 23.8 Å². The van der Waals surface area contributed by atoms with Crippen LogP contribution in [-0.4, -0.2) is 88.4 Å². The van der Waals surface area contributed by atoms with E-state index in [2.05, 4.69) is 9.88 Å². The van der Waals surface area contributed by atoms with Gasteiger partial charge in [0.05, 0.1) is 12.2 Å². The maximum Gasteiger partial charge on any atom is 0.420 e. The number of Topliss-reactive ketones (excluding diaryl/α,β-unsaturated/α-hetero) is 2. The van der Waals surface area contributed by atoms with E-state index in [0.29, 0.717) is 18.4 Å². The highest BCUT2D eigenvalue weighted by Crippen LogP contribution is 2.34. The molecule has 0 N–H and O–H groups in total. The average molecular weight is 618 g/mol. The lowest BCUT2D eigenvalue weighted by Crippen LogP contribution is -2.49. The molecule has 1 saturated heterocycles. The number of aromatic nitrogens is 2. The highest BCUT2D eigenvalue weighted by molar-refractivity contribution is 6.00. The minimum absolute atomic E-state index is 0.0219. The Balaban J connectivity index is 1.99. The Morgan fingerprint density at radius 1 is 1.11 bits per heavy atom. The highest BCUT2D eigenvalue weighted by Gasteiger charge is 2.44. The van der Waals surface area contributed by atoms with E-state index in [9.17, 15) is 19.2 Å². The van der Waals surface area contributed by atoms with Crippen molar-refractivity contribution in [2.24, 2.45) is 23.7 Å². The van der Waals surface area contributed by atoms with Crippen LogP contribution in [0.5, 0.6) is 0 Å². The number of ether oxygens (including phenoxy) is 4. The van der Waals surface area contributed by atoms with Crippen LogP contribution >= 0.6 is 0 Å². The molecule has 10 atom stereocenters. The van der Waals surface area contributed by atoms with Crippen molar-refractivity contribution in [1.82, 2.24) is 14.5 Å². The molecule has 3 heterocycles. The van der Waals surface area contributed by atoms with Crippen LogP contribution in [0.15, 0.2) is 30.4 Å². The predicted octanol–water partition coefficient (Wildman–Crippen LogP) is 4.82. The molecule has 11 nitrogen and oxygen atoms in total. The highest BCUT2D eigenvalue weighted by atomic mass is 16.7. The normalized spacial score (nSPS) is 37.6. The summed E-state index contributed by atoms with van der Waals surface area (Å²) in [5, 5.41) is 0. The monoisotopic (exact) mass is 617 g/mol. The van der Waals surface area contributed by atoms with Crippen molar-refractivity contribution in [3.8, 4) is 0 Å². The zero-order valence-corrected chi connectivity index (χ0v) is 27.9. The number of esters is 1. The van der Waals surface area contributed by atoms with Crippen molar-refractivity contribution in [3.63, 3.8) is 0 Å². The molecule has 1 fully saturated rings. The fourth-order valence-corrected chi connectivity index (χ4v) is 6.51. The second-order valence-electron chi connectivity index (χ2n) is 13.1. The van der Waals surface area contributed by atoms with Gasteiger partial charge in [-0.2, -0.15) is 0 Å². The summed E-state index contributed by atoms with van der Waals surface area (Å²) in [6, 6.07) is 0.258. The minimum Gasteiger partial charge on any atom is -0.457 e. The van der Waals surface area contributed by atoms with Crippen molar-refractivity contribution in [3.05, 3.63) is 30.4 Å². The Kier molecular flexibility index (Phi) is 12.1. The summed E-state index contributed by atoms with van der Waals surface area (Å²) in [5.74, 6) is -3.62. The molecule has 2 aliphatic heterocycles. The quantitative estimate of drug-likeness (QED) is 0.335. The molecule has 0 radical (unpaired) electrons. The van der Waals surface area contributed by atoms with E-state index in [-0.39, 0.29) is 36.1 Å². The molecule has 0 spiro atoms. The number of allylic oxidation sites excluding steroid dienone is 1. The molecule has 0 bridgehead atoms. The molecule has 0 aliphatic carbocycles.